The number of nitro groups is 1. The Labute approximate surface area is 186 Å². The van der Waals surface area contributed by atoms with E-state index in [1.807, 2.05) is 13.0 Å². The van der Waals surface area contributed by atoms with Crippen molar-refractivity contribution in [2.45, 2.75) is 17.0 Å². The molecule has 0 aliphatic carbocycles. The van der Waals surface area contributed by atoms with Gasteiger partial charge in [-0.3, -0.25) is 14.9 Å². The molecule has 0 unspecified atom stereocenters. The van der Waals surface area contributed by atoms with E-state index in [0.29, 0.717) is 16.6 Å². The number of hydrogen-bond donors (Lipinski definition) is 1. The minimum absolute atomic E-state index is 0.0556. The molecule has 0 aliphatic heterocycles. The molecule has 0 saturated carbocycles. The van der Waals surface area contributed by atoms with Gasteiger partial charge >= 0.3 is 5.97 Å². The number of amides is 1. The van der Waals surface area contributed by atoms with Crippen LogP contribution in [-0.2, 0) is 16.6 Å². The molecule has 0 spiro atoms. The largest absolute Gasteiger partial charge is 0.495 e. The average Bonchev–Trinajstić information content (AvgIpc) is 3.16. The van der Waals surface area contributed by atoms with E-state index in [1.54, 1.807) is 23.7 Å². The number of esters is 1. The maximum absolute atomic E-state index is 12.4. The van der Waals surface area contributed by atoms with Gasteiger partial charge in [-0.1, -0.05) is 6.07 Å². The summed E-state index contributed by atoms with van der Waals surface area (Å²) >= 11 is 1.04. The number of aryl methyl sites for hydroxylation is 2. The number of benzene rings is 2. The van der Waals surface area contributed by atoms with Crippen LogP contribution in [0.4, 0.5) is 11.4 Å². The van der Waals surface area contributed by atoms with Crippen LogP contribution in [0.5, 0.6) is 5.75 Å². The highest BCUT2D eigenvalue weighted by atomic mass is 32.2. The number of nitro benzene ring substituents is 1. The second-order valence-corrected chi connectivity index (χ2v) is 7.60. The van der Waals surface area contributed by atoms with Crippen molar-refractivity contribution in [1.29, 1.82) is 0 Å². The summed E-state index contributed by atoms with van der Waals surface area (Å²) in [5.74, 6) is -0.984. The number of ether oxygens (including phenoxy) is 2. The zero-order valence-corrected chi connectivity index (χ0v) is 18.2. The number of carbonyl (C=O) groups excluding carboxylic acids is 2. The fraction of sp³-hybridized carbons (Fsp3) is 0.200. The molecule has 2 aromatic carbocycles. The monoisotopic (exact) mass is 457 g/mol. The van der Waals surface area contributed by atoms with Crippen molar-refractivity contribution in [3.8, 4) is 5.75 Å². The Balaban J connectivity index is 1.68. The molecule has 0 radical (unpaired) electrons. The minimum atomic E-state index is -0.866. The first-order valence-corrected chi connectivity index (χ1v) is 10.0. The first kappa shape index (κ1) is 22.7. The fourth-order valence-corrected chi connectivity index (χ4v) is 3.51. The third-order valence-corrected chi connectivity index (χ3v) is 5.34. The van der Waals surface area contributed by atoms with E-state index >= 15 is 0 Å². The lowest BCUT2D eigenvalue weighted by Gasteiger charge is -2.11. The van der Waals surface area contributed by atoms with Crippen LogP contribution < -0.4 is 10.1 Å². The number of hydrogen-bond acceptors (Lipinski definition) is 9. The highest BCUT2D eigenvalue weighted by molar-refractivity contribution is 7.99. The van der Waals surface area contributed by atoms with E-state index < -0.39 is 23.4 Å². The number of nitrogens with one attached hydrogen (secondary N) is 1. The van der Waals surface area contributed by atoms with Crippen molar-refractivity contribution < 1.29 is 24.0 Å². The lowest BCUT2D eigenvalue weighted by molar-refractivity contribution is -0.387. The molecule has 0 bridgehead atoms. The third-order valence-electron chi connectivity index (χ3n) is 4.23. The van der Waals surface area contributed by atoms with Gasteiger partial charge in [0.2, 0.25) is 0 Å². The normalized spacial score (nSPS) is 10.5. The molecule has 32 heavy (non-hydrogen) atoms. The van der Waals surface area contributed by atoms with Crippen molar-refractivity contribution in [2.75, 3.05) is 19.0 Å². The Hall–Kier alpha value is -3.93. The van der Waals surface area contributed by atoms with E-state index in [4.69, 9.17) is 9.47 Å². The van der Waals surface area contributed by atoms with Crippen molar-refractivity contribution >= 4 is 35.0 Å². The quantitative estimate of drug-likeness (QED) is 0.307. The summed E-state index contributed by atoms with van der Waals surface area (Å²) in [6.07, 6.45) is 1.47. The standard InChI is InChI=1S/C20H19N5O6S/c1-12-4-6-16(30-3)14(8-12)22-18(26)10-31-19(27)13-5-7-17(15(9-13)25(28)29)32-20-23-21-11-24(20)2/h4-9,11H,10H2,1-3H3,(H,22,26). The molecule has 1 heterocycles. The summed E-state index contributed by atoms with van der Waals surface area (Å²) in [5, 5.41) is 22.2. The Kier molecular flexibility index (Phi) is 7.05. The van der Waals surface area contributed by atoms with Gasteiger partial charge in [0.25, 0.3) is 11.6 Å². The van der Waals surface area contributed by atoms with Crippen LogP contribution in [0.1, 0.15) is 15.9 Å². The second kappa shape index (κ2) is 9.92. The van der Waals surface area contributed by atoms with Crippen molar-refractivity contribution in [2.24, 2.45) is 7.05 Å². The van der Waals surface area contributed by atoms with E-state index in [1.165, 1.54) is 25.6 Å². The molecule has 0 aliphatic rings. The van der Waals surface area contributed by atoms with Gasteiger partial charge in [-0.25, -0.2) is 4.79 Å². The fourth-order valence-electron chi connectivity index (χ4n) is 2.66. The molecule has 3 rings (SSSR count). The van der Waals surface area contributed by atoms with Gasteiger partial charge in [-0.2, -0.15) is 0 Å². The van der Waals surface area contributed by atoms with Crippen molar-refractivity contribution in [3.63, 3.8) is 0 Å². The van der Waals surface area contributed by atoms with Crippen LogP contribution in [0.25, 0.3) is 0 Å². The molecular formula is C20H19N5O6S. The van der Waals surface area contributed by atoms with E-state index in [2.05, 4.69) is 15.5 Å². The summed E-state index contributed by atoms with van der Waals surface area (Å²) in [6.45, 7) is 1.29. The lowest BCUT2D eigenvalue weighted by Crippen LogP contribution is -2.21. The highest BCUT2D eigenvalue weighted by Crippen LogP contribution is 2.34. The number of nitrogens with zero attached hydrogens (tertiary/aromatic N) is 4. The minimum Gasteiger partial charge on any atom is -0.495 e. The maximum Gasteiger partial charge on any atom is 0.338 e. The number of carbonyl (C=O) groups is 2. The predicted molar refractivity (Wildman–Crippen MR) is 115 cm³/mol. The smallest absolute Gasteiger partial charge is 0.338 e. The van der Waals surface area contributed by atoms with E-state index in [9.17, 15) is 19.7 Å². The molecular weight excluding hydrogens is 438 g/mol. The molecule has 0 fully saturated rings. The van der Waals surface area contributed by atoms with Gasteiger partial charge in [-0.15, -0.1) is 10.2 Å². The van der Waals surface area contributed by atoms with Gasteiger partial charge in [0.15, 0.2) is 11.8 Å². The second-order valence-electron chi connectivity index (χ2n) is 6.59. The number of methoxy groups -OCH3 is 1. The molecule has 166 valence electrons. The van der Waals surface area contributed by atoms with Crippen molar-refractivity contribution in [3.05, 3.63) is 64.0 Å². The Bertz CT molecular complexity index is 1180. The summed E-state index contributed by atoms with van der Waals surface area (Å²) < 4.78 is 11.8. The van der Waals surface area contributed by atoms with Gasteiger partial charge < -0.3 is 19.4 Å². The predicted octanol–water partition coefficient (Wildman–Crippen LogP) is 2.99. The van der Waals surface area contributed by atoms with Crippen LogP contribution in [0.3, 0.4) is 0 Å². The van der Waals surface area contributed by atoms with E-state index in [-0.39, 0.29) is 16.1 Å². The molecule has 1 N–H and O–H groups in total. The first-order chi connectivity index (χ1) is 15.3. The zero-order chi connectivity index (χ0) is 23.3. The molecule has 12 heteroatoms. The van der Waals surface area contributed by atoms with Crippen LogP contribution in [0, 0.1) is 17.0 Å². The number of rotatable bonds is 8. The average molecular weight is 457 g/mol. The number of aromatic nitrogens is 3. The molecule has 1 aromatic heterocycles. The van der Waals surface area contributed by atoms with Gasteiger partial charge in [-0.05, 0) is 48.5 Å². The van der Waals surface area contributed by atoms with E-state index in [0.717, 1.165) is 23.4 Å². The van der Waals surface area contributed by atoms with Crippen LogP contribution in [0.15, 0.2) is 52.8 Å². The van der Waals surface area contributed by atoms with Crippen LogP contribution in [0.2, 0.25) is 0 Å². The Morgan fingerprint density at radius 1 is 1.25 bits per heavy atom. The summed E-state index contributed by atoms with van der Waals surface area (Å²) in [7, 11) is 3.18. The Morgan fingerprint density at radius 3 is 2.69 bits per heavy atom. The molecule has 3 aromatic rings. The van der Waals surface area contributed by atoms with Gasteiger partial charge in [0.1, 0.15) is 12.1 Å². The summed E-state index contributed by atoms with van der Waals surface area (Å²) in [6, 6.07) is 9.16. The number of anilines is 1. The van der Waals surface area contributed by atoms with Crippen LogP contribution in [-0.4, -0.2) is 45.3 Å². The third kappa shape index (κ3) is 5.40. The maximum atomic E-state index is 12.4. The van der Waals surface area contributed by atoms with Crippen LogP contribution >= 0.6 is 11.8 Å². The van der Waals surface area contributed by atoms with Crippen molar-refractivity contribution in [1.82, 2.24) is 14.8 Å². The van der Waals surface area contributed by atoms with Gasteiger partial charge in [0, 0.05) is 13.1 Å². The topological polar surface area (TPSA) is 138 Å². The summed E-state index contributed by atoms with van der Waals surface area (Å²) in [4.78, 5) is 35.7. The highest BCUT2D eigenvalue weighted by Gasteiger charge is 2.21. The molecule has 0 saturated heterocycles. The SMILES string of the molecule is COc1ccc(C)cc1NC(=O)COC(=O)c1ccc(Sc2nncn2C)c([N+](=O)[O-])c1. The summed E-state index contributed by atoms with van der Waals surface area (Å²) in [5.41, 5.74) is 1.00. The first-order valence-electron chi connectivity index (χ1n) is 9.20. The molecule has 11 nitrogen and oxygen atoms in total. The molecule has 1 amide bonds. The Morgan fingerprint density at radius 2 is 2.03 bits per heavy atom. The van der Waals surface area contributed by atoms with Gasteiger partial charge in [0.05, 0.1) is 28.2 Å². The zero-order valence-electron chi connectivity index (χ0n) is 17.4. The molecule has 0 atom stereocenters. The lowest BCUT2D eigenvalue weighted by atomic mass is 10.2.